The van der Waals surface area contributed by atoms with E-state index in [0.29, 0.717) is 35.2 Å². The number of hydrogen-bond donors (Lipinski definition) is 4. The van der Waals surface area contributed by atoms with E-state index >= 15 is 0 Å². The van der Waals surface area contributed by atoms with Gasteiger partial charge in [0.1, 0.15) is 6.61 Å². The molecule has 4 rings (SSSR count). The van der Waals surface area contributed by atoms with Crippen LogP contribution in [0.15, 0.2) is 48.5 Å². The van der Waals surface area contributed by atoms with E-state index in [0.717, 1.165) is 16.8 Å². The van der Waals surface area contributed by atoms with Crippen molar-refractivity contribution in [3.63, 3.8) is 0 Å². The quantitative estimate of drug-likeness (QED) is 0.512. The van der Waals surface area contributed by atoms with Gasteiger partial charge in [0.15, 0.2) is 5.82 Å². The molecule has 148 valence electrons. The Morgan fingerprint density at radius 2 is 1.93 bits per heavy atom. The normalized spacial score (nSPS) is 12.3. The summed E-state index contributed by atoms with van der Waals surface area (Å²) in [4.78, 5) is 24.7. The molecule has 0 aliphatic carbocycles. The van der Waals surface area contributed by atoms with E-state index < -0.39 is 6.09 Å². The Morgan fingerprint density at radius 3 is 2.76 bits per heavy atom. The third-order valence-electron chi connectivity index (χ3n) is 4.41. The van der Waals surface area contributed by atoms with Gasteiger partial charge in [-0.2, -0.15) is 5.10 Å². The monoisotopic (exact) mass is 411 g/mol. The first-order valence-electron chi connectivity index (χ1n) is 8.95. The number of aromatic amines is 1. The van der Waals surface area contributed by atoms with Gasteiger partial charge >= 0.3 is 6.09 Å². The number of carbonyl (C=O) groups is 2. The lowest BCUT2D eigenvalue weighted by molar-refractivity contribution is 0.102. The number of aromatic nitrogens is 2. The van der Waals surface area contributed by atoms with Gasteiger partial charge < -0.3 is 15.4 Å². The van der Waals surface area contributed by atoms with Gasteiger partial charge in [0, 0.05) is 34.9 Å². The number of hydrogen-bond acceptors (Lipinski definition) is 5. The van der Waals surface area contributed by atoms with Gasteiger partial charge in [-0.15, -0.1) is 0 Å². The summed E-state index contributed by atoms with van der Waals surface area (Å²) in [6, 6.07) is 13.9. The molecule has 4 N–H and O–H groups in total. The highest BCUT2D eigenvalue weighted by molar-refractivity contribution is 6.31. The molecule has 1 aliphatic heterocycles. The van der Waals surface area contributed by atoms with E-state index in [2.05, 4.69) is 26.1 Å². The molecule has 0 fully saturated rings. The lowest BCUT2D eigenvalue weighted by Gasteiger charge is -2.10. The fraction of sp³-hybridized carbons (Fsp3) is 0.150. The van der Waals surface area contributed by atoms with Crippen molar-refractivity contribution < 1.29 is 14.3 Å². The molecule has 8 nitrogen and oxygen atoms in total. The molecule has 0 unspecified atom stereocenters. The SMILES string of the molecule is O=C(Nc1cc(Cl)cc(C(=O)Nc2n[nH]c3c2CNC3)c1)OCc1ccccc1. The highest BCUT2D eigenvalue weighted by atomic mass is 35.5. The zero-order valence-corrected chi connectivity index (χ0v) is 16.0. The van der Waals surface area contributed by atoms with Crippen LogP contribution in [-0.4, -0.2) is 22.2 Å². The molecule has 0 saturated heterocycles. The first-order chi connectivity index (χ1) is 14.1. The van der Waals surface area contributed by atoms with Crippen LogP contribution in [0.3, 0.4) is 0 Å². The number of amides is 2. The van der Waals surface area contributed by atoms with Crippen LogP contribution in [-0.2, 0) is 24.4 Å². The van der Waals surface area contributed by atoms with Crippen molar-refractivity contribution in [1.29, 1.82) is 0 Å². The Balaban J connectivity index is 1.41. The second kappa shape index (κ2) is 8.34. The molecule has 0 radical (unpaired) electrons. The predicted octanol–water partition coefficient (Wildman–Crippen LogP) is 3.67. The summed E-state index contributed by atoms with van der Waals surface area (Å²) in [6.45, 7) is 1.46. The number of nitrogens with zero attached hydrogens (tertiary/aromatic N) is 1. The van der Waals surface area contributed by atoms with E-state index in [4.69, 9.17) is 16.3 Å². The Bertz CT molecular complexity index is 1050. The largest absolute Gasteiger partial charge is 0.444 e. The minimum absolute atomic E-state index is 0.138. The topological polar surface area (TPSA) is 108 Å². The van der Waals surface area contributed by atoms with Crippen molar-refractivity contribution in [1.82, 2.24) is 15.5 Å². The van der Waals surface area contributed by atoms with Crippen LogP contribution < -0.4 is 16.0 Å². The summed E-state index contributed by atoms with van der Waals surface area (Å²) in [5.74, 6) is 0.0983. The third-order valence-corrected chi connectivity index (χ3v) is 4.63. The lowest BCUT2D eigenvalue weighted by Crippen LogP contribution is -2.16. The summed E-state index contributed by atoms with van der Waals surface area (Å²) in [5.41, 5.74) is 3.40. The van der Waals surface area contributed by atoms with Crippen LogP contribution in [0, 0.1) is 0 Å². The molecule has 29 heavy (non-hydrogen) atoms. The summed E-state index contributed by atoms with van der Waals surface area (Å²) >= 11 is 6.12. The van der Waals surface area contributed by atoms with Gasteiger partial charge in [0.25, 0.3) is 5.91 Å². The standard InChI is InChI=1S/C20H18ClN5O3/c21-14-6-13(19(27)24-18-16-9-22-10-17(16)25-26-18)7-15(8-14)23-20(28)29-11-12-4-2-1-3-5-12/h1-8,22H,9-11H2,(H,23,28)(H2,24,25,26,27). The molecule has 2 aromatic carbocycles. The van der Waals surface area contributed by atoms with Gasteiger partial charge in [-0.1, -0.05) is 41.9 Å². The van der Waals surface area contributed by atoms with Crippen LogP contribution in [0.25, 0.3) is 0 Å². The number of carbonyl (C=O) groups excluding carboxylic acids is 2. The third kappa shape index (κ3) is 4.56. The molecule has 0 atom stereocenters. The molecule has 2 heterocycles. The summed E-state index contributed by atoms with van der Waals surface area (Å²) < 4.78 is 5.19. The minimum Gasteiger partial charge on any atom is -0.444 e. The number of nitrogens with one attached hydrogen (secondary N) is 4. The van der Waals surface area contributed by atoms with Gasteiger partial charge in [0.2, 0.25) is 0 Å². The van der Waals surface area contributed by atoms with Crippen molar-refractivity contribution in [2.45, 2.75) is 19.7 Å². The maximum Gasteiger partial charge on any atom is 0.411 e. The Labute approximate surface area is 171 Å². The van der Waals surface area contributed by atoms with E-state index in [1.807, 2.05) is 30.3 Å². The summed E-state index contributed by atoms with van der Waals surface area (Å²) in [7, 11) is 0. The molecule has 2 amide bonds. The smallest absolute Gasteiger partial charge is 0.411 e. The Hall–Kier alpha value is -3.36. The number of fused-ring (bicyclic) bond motifs is 1. The lowest BCUT2D eigenvalue weighted by atomic mass is 10.2. The first kappa shape index (κ1) is 19.0. The van der Waals surface area contributed by atoms with E-state index in [1.54, 1.807) is 0 Å². The van der Waals surface area contributed by atoms with Crippen LogP contribution >= 0.6 is 11.6 Å². The predicted molar refractivity (Wildman–Crippen MR) is 109 cm³/mol. The van der Waals surface area contributed by atoms with Gasteiger partial charge in [0.05, 0.1) is 5.69 Å². The van der Waals surface area contributed by atoms with Crippen molar-refractivity contribution in [3.05, 3.63) is 75.9 Å². The van der Waals surface area contributed by atoms with Gasteiger partial charge in [-0.25, -0.2) is 4.79 Å². The maximum absolute atomic E-state index is 12.6. The number of H-pyrrole nitrogens is 1. The van der Waals surface area contributed by atoms with E-state index in [-0.39, 0.29) is 12.5 Å². The zero-order chi connectivity index (χ0) is 20.2. The zero-order valence-electron chi connectivity index (χ0n) is 15.3. The maximum atomic E-state index is 12.6. The Kier molecular flexibility index (Phi) is 5.46. The molecule has 1 aromatic heterocycles. The molecule has 0 bridgehead atoms. The summed E-state index contributed by atoms with van der Waals surface area (Å²) in [5, 5.41) is 15.9. The van der Waals surface area contributed by atoms with Crippen LogP contribution in [0.2, 0.25) is 5.02 Å². The summed E-state index contributed by atoms with van der Waals surface area (Å²) in [6.07, 6.45) is -0.640. The second-order valence-electron chi connectivity index (χ2n) is 6.50. The molecule has 1 aliphatic rings. The molecule has 0 spiro atoms. The second-order valence-corrected chi connectivity index (χ2v) is 6.94. The molecular weight excluding hydrogens is 394 g/mol. The fourth-order valence-corrected chi connectivity index (χ4v) is 3.24. The molecule has 9 heteroatoms. The van der Waals surface area contributed by atoms with Crippen LogP contribution in [0.1, 0.15) is 27.2 Å². The first-order valence-corrected chi connectivity index (χ1v) is 9.33. The molecule has 0 saturated carbocycles. The van der Waals surface area contributed by atoms with Crippen molar-refractivity contribution in [3.8, 4) is 0 Å². The van der Waals surface area contributed by atoms with Crippen LogP contribution in [0.4, 0.5) is 16.3 Å². The number of benzene rings is 2. The average molecular weight is 412 g/mol. The van der Waals surface area contributed by atoms with Gasteiger partial charge in [-0.05, 0) is 23.8 Å². The number of ether oxygens (including phenoxy) is 1. The highest BCUT2D eigenvalue weighted by Gasteiger charge is 2.20. The van der Waals surface area contributed by atoms with Gasteiger partial charge in [-0.3, -0.25) is 15.2 Å². The number of halogens is 1. The van der Waals surface area contributed by atoms with Crippen molar-refractivity contribution in [2.24, 2.45) is 0 Å². The average Bonchev–Trinajstić information content (AvgIpc) is 3.32. The van der Waals surface area contributed by atoms with Crippen molar-refractivity contribution >= 4 is 35.1 Å². The number of rotatable bonds is 5. The fourth-order valence-electron chi connectivity index (χ4n) is 3.00. The van der Waals surface area contributed by atoms with E-state index in [9.17, 15) is 9.59 Å². The molecule has 3 aromatic rings. The minimum atomic E-state index is -0.640. The van der Waals surface area contributed by atoms with Crippen molar-refractivity contribution in [2.75, 3.05) is 10.6 Å². The Morgan fingerprint density at radius 1 is 1.10 bits per heavy atom. The molecular formula is C20H18ClN5O3. The van der Waals surface area contributed by atoms with E-state index in [1.165, 1.54) is 18.2 Å². The number of anilines is 2. The highest BCUT2D eigenvalue weighted by Crippen LogP contribution is 2.23. The van der Waals surface area contributed by atoms with Crippen LogP contribution in [0.5, 0.6) is 0 Å².